The fourth-order valence-electron chi connectivity index (χ4n) is 3.49. The van der Waals surface area contributed by atoms with E-state index in [1.165, 1.54) is 38.3 Å². The van der Waals surface area contributed by atoms with Crippen molar-refractivity contribution in [3.05, 3.63) is 32.6 Å². The first-order valence-electron chi connectivity index (χ1n) is 11.1. The third-order valence-corrected chi connectivity index (χ3v) is 5.72. The molecule has 1 aromatic rings. The molecule has 0 saturated carbocycles. The molecule has 0 amide bonds. The van der Waals surface area contributed by atoms with Crippen LogP contribution in [0.25, 0.3) is 0 Å². The van der Waals surface area contributed by atoms with Crippen LogP contribution >= 0.6 is 7.82 Å². The van der Waals surface area contributed by atoms with Crippen LogP contribution in [0.5, 0.6) is 0 Å². The second kappa shape index (κ2) is 17.7. The summed E-state index contributed by atoms with van der Waals surface area (Å²) < 4.78 is 21.3. The number of phosphoric acid groups is 1. The summed E-state index contributed by atoms with van der Waals surface area (Å²) in [6.07, 6.45) is 8.07. The van der Waals surface area contributed by atoms with Gasteiger partial charge in [-0.05, 0) is 6.42 Å². The number of aliphatic hydroxyl groups excluding tert-OH is 1. The van der Waals surface area contributed by atoms with Gasteiger partial charge in [0.2, 0.25) is 0 Å². The van der Waals surface area contributed by atoms with Crippen molar-refractivity contribution in [2.45, 2.75) is 89.6 Å². The van der Waals surface area contributed by atoms with E-state index in [4.69, 9.17) is 4.74 Å². The molecule has 0 unspecified atom stereocenters. The summed E-state index contributed by atoms with van der Waals surface area (Å²) in [5.41, 5.74) is -1.28. The Morgan fingerprint density at radius 2 is 1.79 bits per heavy atom. The minimum atomic E-state index is -5.22. The number of aliphatic hydroxyl groups is 1. The molecular formula is C21H31N2Na2O8P. The maximum Gasteiger partial charge on any atom is 1.00 e. The zero-order valence-corrected chi connectivity index (χ0v) is 25.2. The minimum Gasteiger partial charge on any atom is -0.790 e. The van der Waals surface area contributed by atoms with Gasteiger partial charge < -0.3 is 28.7 Å². The Hall–Kier alpha value is 0.270. The molecule has 1 aliphatic heterocycles. The van der Waals surface area contributed by atoms with Gasteiger partial charge >= 0.3 is 64.8 Å². The zero-order chi connectivity index (χ0) is 23.6. The van der Waals surface area contributed by atoms with Gasteiger partial charge in [-0.3, -0.25) is 14.3 Å². The predicted molar refractivity (Wildman–Crippen MR) is 114 cm³/mol. The van der Waals surface area contributed by atoms with Gasteiger partial charge in [0, 0.05) is 19.0 Å². The maximum absolute atomic E-state index is 12.2. The normalized spacial score (nSPS) is 19.6. The van der Waals surface area contributed by atoms with Gasteiger partial charge in [-0.25, -0.2) is 4.79 Å². The number of hydrogen-bond donors (Lipinski definition) is 2. The van der Waals surface area contributed by atoms with Gasteiger partial charge in [0.05, 0.1) is 20.5 Å². The number of nitrogens with one attached hydrogen (secondary N) is 1. The number of unbranched alkanes of at least 4 members (excludes halogenated alkanes) is 8. The van der Waals surface area contributed by atoms with E-state index >= 15 is 0 Å². The van der Waals surface area contributed by atoms with Crippen LogP contribution in [-0.2, 0) is 13.8 Å². The number of phosphoric ester groups is 1. The number of hydrogen-bond acceptors (Lipinski definition) is 8. The van der Waals surface area contributed by atoms with Gasteiger partial charge in [-0.1, -0.05) is 63.7 Å². The molecule has 2 rings (SSSR count). The fourth-order valence-corrected chi connectivity index (χ4v) is 3.82. The van der Waals surface area contributed by atoms with Crippen molar-refractivity contribution in [1.29, 1.82) is 0 Å². The Balaban J connectivity index is 0.00000544. The number of nitrogens with zero attached hydrogens (tertiary/aromatic N) is 1. The average Bonchev–Trinajstić information content (AvgIpc) is 3.09. The summed E-state index contributed by atoms with van der Waals surface area (Å²) in [6.45, 7) is 1.53. The zero-order valence-electron chi connectivity index (χ0n) is 20.3. The van der Waals surface area contributed by atoms with Crippen LogP contribution in [0, 0.1) is 11.8 Å². The first kappa shape index (κ1) is 34.3. The molecule has 34 heavy (non-hydrogen) atoms. The summed E-state index contributed by atoms with van der Waals surface area (Å²) >= 11 is 0. The SMILES string of the molecule is CCCCCCCCCCC#Cc1cn([C@H]2C[C@H](O)[C@@H](COP(=O)([O-])[O-])O2)c(=O)[nH]c1=O.[Na+].[Na+]. The molecule has 0 aromatic carbocycles. The van der Waals surface area contributed by atoms with E-state index in [0.29, 0.717) is 6.42 Å². The third kappa shape index (κ3) is 12.5. The van der Waals surface area contributed by atoms with Crippen LogP contribution in [0.1, 0.15) is 82.9 Å². The van der Waals surface area contributed by atoms with E-state index in [-0.39, 0.29) is 71.1 Å². The fraction of sp³-hybridized carbons (Fsp3) is 0.714. The van der Waals surface area contributed by atoms with Crippen LogP contribution < -0.4 is 80.2 Å². The van der Waals surface area contributed by atoms with E-state index in [9.17, 15) is 29.0 Å². The predicted octanol–water partition coefficient (Wildman–Crippen LogP) is -5.08. The van der Waals surface area contributed by atoms with Crippen LogP contribution in [0.15, 0.2) is 15.8 Å². The van der Waals surface area contributed by atoms with Gasteiger partial charge in [0.15, 0.2) is 0 Å². The van der Waals surface area contributed by atoms with Gasteiger partial charge in [-0.15, -0.1) is 0 Å². The molecule has 1 fully saturated rings. The van der Waals surface area contributed by atoms with Crippen LogP contribution in [-0.4, -0.2) is 33.5 Å². The number of ether oxygens (including phenoxy) is 1. The average molecular weight is 516 g/mol. The molecule has 3 atom stereocenters. The van der Waals surface area contributed by atoms with Crippen molar-refractivity contribution in [3.8, 4) is 11.8 Å². The monoisotopic (exact) mass is 516 g/mol. The summed E-state index contributed by atoms with van der Waals surface area (Å²) in [5, 5.41) is 10.0. The van der Waals surface area contributed by atoms with Crippen molar-refractivity contribution < 1.29 is 87.8 Å². The number of aromatic nitrogens is 2. The quantitative estimate of drug-likeness (QED) is 0.121. The van der Waals surface area contributed by atoms with Crippen LogP contribution in [0.2, 0.25) is 0 Å². The molecule has 0 bridgehead atoms. The molecule has 2 heterocycles. The van der Waals surface area contributed by atoms with Crippen molar-refractivity contribution in [2.75, 3.05) is 6.61 Å². The van der Waals surface area contributed by atoms with E-state index < -0.39 is 44.1 Å². The Morgan fingerprint density at radius 3 is 2.41 bits per heavy atom. The molecule has 180 valence electrons. The molecule has 13 heteroatoms. The Morgan fingerprint density at radius 1 is 1.18 bits per heavy atom. The summed E-state index contributed by atoms with van der Waals surface area (Å²) in [7, 11) is -5.22. The molecule has 1 aliphatic rings. The van der Waals surface area contributed by atoms with Crippen molar-refractivity contribution in [2.24, 2.45) is 0 Å². The summed E-state index contributed by atoms with van der Waals surface area (Å²) in [6, 6.07) is 0. The molecule has 1 aromatic heterocycles. The maximum atomic E-state index is 12.2. The van der Waals surface area contributed by atoms with Crippen LogP contribution in [0.3, 0.4) is 0 Å². The molecule has 10 nitrogen and oxygen atoms in total. The minimum absolute atomic E-state index is 0. The van der Waals surface area contributed by atoms with E-state index in [2.05, 4.69) is 28.3 Å². The van der Waals surface area contributed by atoms with Crippen molar-refractivity contribution >= 4 is 7.82 Å². The Bertz CT molecular complexity index is 953. The molecule has 2 N–H and O–H groups in total. The summed E-state index contributed by atoms with van der Waals surface area (Å²) in [5.74, 6) is 5.72. The van der Waals surface area contributed by atoms with Crippen molar-refractivity contribution in [3.63, 3.8) is 0 Å². The Kier molecular flexibility index (Phi) is 17.8. The van der Waals surface area contributed by atoms with Gasteiger partial charge in [0.1, 0.15) is 17.9 Å². The molecule has 0 spiro atoms. The molecule has 1 saturated heterocycles. The van der Waals surface area contributed by atoms with Crippen LogP contribution in [0.4, 0.5) is 0 Å². The molecule has 0 radical (unpaired) electrons. The molecule has 0 aliphatic carbocycles. The van der Waals surface area contributed by atoms with Gasteiger partial charge in [0.25, 0.3) is 5.56 Å². The largest absolute Gasteiger partial charge is 1.00 e. The third-order valence-electron chi connectivity index (χ3n) is 5.26. The van der Waals surface area contributed by atoms with E-state index in [1.807, 2.05) is 0 Å². The number of rotatable bonds is 12. The first-order valence-corrected chi connectivity index (χ1v) is 12.5. The second-order valence-corrected chi connectivity index (χ2v) is 9.06. The van der Waals surface area contributed by atoms with Crippen molar-refractivity contribution in [1.82, 2.24) is 9.55 Å². The molecular weight excluding hydrogens is 485 g/mol. The van der Waals surface area contributed by atoms with E-state index in [1.54, 1.807) is 0 Å². The second-order valence-electron chi connectivity index (χ2n) is 7.91. The number of aromatic amines is 1. The Labute approximate surface area is 244 Å². The first-order chi connectivity index (χ1) is 15.2. The standard InChI is InChI=1S/C21H33N2O8P.2Na/c1-2-3-4-5-6-7-8-9-10-11-12-16-14-23(21(26)22-20(16)25)19-13-17(24)18(31-19)15-30-32(27,28)29;;/h14,17-19,24H,2-10,13,15H2,1H3,(H,22,25,26)(H2,27,28,29);;/q;2*+1/p-2/t17-,18+,19+;;/m0../s1. The van der Waals surface area contributed by atoms with E-state index in [0.717, 1.165) is 23.8 Å². The number of H-pyrrole nitrogens is 1. The van der Waals surface area contributed by atoms with Gasteiger partial charge in [-0.2, -0.15) is 0 Å². The smallest absolute Gasteiger partial charge is 0.790 e. The topological polar surface area (TPSA) is 157 Å². The summed E-state index contributed by atoms with van der Waals surface area (Å²) in [4.78, 5) is 47.6.